The predicted molar refractivity (Wildman–Crippen MR) is 85.6 cm³/mol. The molecule has 2 aromatic heterocycles. The van der Waals surface area contributed by atoms with Crippen LogP contribution in [0.5, 0.6) is 5.75 Å². The number of nitrogen functional groups attached to an aromatic ring is 1. The molecule has 0 radical (unpaired) electrons. The number of phenolic OH excluding ortho intramolecular Hbond substituents is 1. The third-order valence-corrected chi connectivity index (χ3v) is 3.60. The number of fused-ring (bicyclic) bond motifs is 1. The molecule has 0 atom stereocenters. The van der Waals surface area contributed by atoms with Crippen LogP contribution in [0.2, 0.25) is 0 Å². The van der Waals surface area contributed by atoms with Crippen molar-refractivity contribution in [1.82, 2.24) is 14.5 Å². The molecule has 3 N–H and O–H groups in total. The van der Waals surface area contributed by atoms with Gasteiger partial charge in [0.1, 0.15) is 23.1 Å². The molecule has 106 valence electrons. The van der Waals surface area contributed by atoms with Crippen molar-refractivity contribution < 1.29 is 5.11 Å². The largest absolute Gasteiger partial charge is 0.508 e. The summed E-state index contributed by atoms with van der Waals surface area (Å²) < 4.78 is 1.89. The van der Waals surface area contributed by atoms with Gasteiger partial charge in [-0.05, 0) is 24.3 Å². The van der Waals surface area contributed by atoms with Gasteiger partial charge in [0.05, 0.1) is 0 Å². The van der Waals surface area contributed by atoms with E-state index in [1.807, 2.05) is 35.1 Å². The standard InChI is InChI=1S/C17H12N4O/c18-17-16-15(19-10-20-17)14(11-4-1-2-5-11)9-21(16)12-6-3-7-13(22)8-12/h1-4,6-10,22H,(H2,18,19,20). The molecule has 5 nitrogen and oxygen atoms in total. The highest BCUT2D eigenvalue weighted by Crippen LogP contribution is 2.32. The number of nitrogens with zero attached hydrogens (tertiary/aromatic N) is 3. The topological polar surface area (TPSA) is 77.0 Å². The molecule has 0 unspecified atom stereocenters. The van der Waals surface area contributed by atoms with Crippen molar-refractivity contribution in [1.29, 1.82) is 0 Å². The summed E-state index contributed by atoms with van der Waals surface area (Å²) in [5.41, 5.74) is 13.4. The van der Waals surface area contributed by atoms with Gasteiger partial charge in [0.25, 0.3) is 0 Å². The Hall–Kier alpha value is -3.30. The van der Waals surface area contributed by atoms with Crippen LogP contribution in [-0.2, 0) is 0 Å². The first-order chi connectivity index (χ1) is 10.7. The van der Waals surface area contributed by atoms with E-state index in [1.54, 1.807) is 18.2 Å². The van der Waals surface area contributed by atoms with Crippen LogP contribution in [-0.4, -0.2) is 19.6 Å². The summed E-state index contributed by atoms with van der Waals surface area (Å²) in [6, 6.07) is 6.97. The maximum atomic E-state index is 9.72. The fraction of sp³-hybridized carbons (Fsp3) is 0. The molecular formula is C17H12N4O. The van der Waals surface area contributed by atoms with Crippen LogP contribution >= 0.6 is 0 Å². The average molecular weight is 288 g/mol. The summed E-state index contributed by atoms with van der Waals surface area (Å²) in [5, 5.41) is 9.72. The zero-order chi connectivity index (χ0) is 15.1. The normalized spacial score (nSPS) is 13.0. The minimum Gasteiger partial charge on any atom is -0.508 e. The van der Waals surface area contributed by atoms with Crippen LogP contribution in [0.25, 0.3) is 22.3 Å². The zero-order valence-electron chi connectivity index (χ0n) is 11.6. The lowest BCUT2D eigenvalue weighted by Gasteiger charge is -2.06. The van der Waals surface area contributed by atoms with E-state index in [2.05, 4.69) is 15.7 Å². The molecule has 3 aromatic rings. The summed E-state index contributed by atoms with van der Waals surface area (Å²) in [4.78, 5) is 8.46. The molecule has 0 aliphatic heterocycles. The number of hydrogen-bond acceptors (Lipinski definition) is 4. The lowest BCUT2D eigenvalue weighted by atomic mass is 10.1. The Morgan fingerprint density at radius 3 is 2.91 bits per heavy atom. The highest BCUT2D eigenvalue weighted by Gasteiger charge is 2.17. The Labute approximate surface area is 126 Å². The van der Waals surface area contributed by atoms with Gasteiger partial charge >= 0.3 is 0 Å². The average Bonchev–Trinajstić information content (AvgIpc) is 3.15. The van der Waals surface area contributed by atoms with E-state index < -0.39 is 0 Å². The minimum atomic E-state index is 0.191. The second kappa shape index (κ2) is 4.62. The third-order valence-electron chi connectivity index (χ3n) is 3.60. The molecule has 0 bridgehead atoms. The fourth-order valence-electron chi connectivity index (χ4n) is 2.62. The summed E-state index contributed by atoms with van der Waals surface area (Å²) in [5.74, 6) is 0.586. The Kier molecular flexibility index (Phi) is 2.61. The SMILES string of the molecule is Nc1ncnc2c(C3=C=CC=C3)cn(-c3cccc(O)c3)c12. The molecule has 0 fully saturated rings. The molecule has 0 saturated carbocycles. The van der Waals surface area contributed by atoms with E-state index in [-0.39, 0.29) is 5.75 Å². The van der Waals surface area contributed by atoms with Gasteiger partial charge in [-0.1, -0.05) is 12.1 Å². The van der Waals surface area contributed by atoms with Crippen molar-refractivity contribution in [3.05, 3.63) is 66.3 Å². The van der Waals surface area contributed by atoms with E-state index in [0.29, 0.717) is 5.82 Å². The summed E-state index contributed by atoms with van der Waals surface area (Å²) in [6.07, 6.45) is 9.15. The monoisotopic (exact) mass is 288 g/mol. The molecule has 4 rings (SSSR count). The van der Waals surface area contributed by atoms with Gasteiger partial charge in [-0.25, -0.2) is 9.97 Å². The molecule has 1 aliphatic rings. The fourth-order valence-corrected chi connectivity index (χ4v) is 2.62. The van der Waals surface area contributed by atoms with E-state index in [9.17, 15) is 5.11 Å². The number of phenols is 1. The molecule has 5 heteroatoms. The Morgan fingerprint density at radius 1 is 1.23 bits per heavy atom. The predicted octanol–water partition coefficient (Wildman–Crippen LogP) is 2.82. The van der Waals surface area contributed by atoms with Crippen LogP contribution in [0, 0.1) is 0 Å². The van der Waals surface area contributed by atoms with Crippen LogP contribution in [0.3, 0.4) is 0 Å². The Balaban J connectivity index is 2.07. The molecule has 1 aliphatic carbocycles. The molecular weight excluding hydrogens is 276 g/mol. The van der Waals surface area contributed by atoms with Crippen LogP contribution in [0.4, 0.5) is 5.82 Å². The Bertz CT molecular complexity index is 991. The zero-order valence-corrected chi connectivity index (χ0v) is 11.6. The van der Waals surface area contributed by atoms with Crippen LogP contribution in [0.1, 0.15) is 5.56 Å². The minimum absolute atomic E-state index is 0.191. The highest BCUT2D eigenvalue weighted by molar-refractivity contribution is 5.98. The van der Waals surface area contributed by atoms with Gasteiger partial charge in [-0.15, -0.1) is 5.73 Å². The molecule has 0 saturated heterocycles. The van der Waals surface area contributed by atoms with Crippen molar-refractivity contribution >= 4 is 22.4 Å². The van der Waals surface area contributed by atoms with Crippen molar-refractivity contribution in [2.45, 2.75) is 0 Å². The van der Waals surface area contributed by atoms with Crippen molar-refractivity contribution in [2.24, 2.45) is 0 Å². The number of aromatic hydroxyl groups is 1. The van der Waals surface area contributed by atoms with Gasteiger partial charge in [-0.3, -0.25) is 0 Å². The lowest BCUT2D eigenvalue weighted by molar-refractivity contribution is 0.475. The van der Waals surface area contributed by atoms with Gasteiger partial charge < -0.3 is 15.4 Å². The Morgan fingerprint density at radius 2 is 2.14 bits per heavy atom. The number of benzene rings is 1. The molecule has 0 spiro atoms. The smallest absolute Gasteiger partial charge is 0.151 e. The van der Waals surface area contributed by atoms with E-state index >= 15 is 0 Å². The summed E-state index contributed by atoms with van der Waals surface area (Å²) in [7, 11) is 0. The first kappa shape index (κ1) is 12.4. The van der Waals surface area contributed by atoms with Gasteiger partial charge in [0.2, 0.25) is 0 Å². The maximum absolute atomic E-state index is 9.72. The molecule has 22 heavy (non-hydrogen) atoms. The van der Waals surface area contributed by atoms with E-state index in [0.717, 1.165) is 27.9 Å². The summed E-state index contributed by atoms with van der Waals surface area (Å²) >= 11 is 0. The van der Waals surface area contributed by atoms with E-state index in [1.165, 1.54) is 6.33 Å². The third kappa shape index (κ3) is 1.81. The van der Waals surface area contributed by atoms with Gasteiger partial charge in [0, 0.05) is 29.1 Å². The van der Waals surface area contributed by atoms with Crippen LogP contribution < -0.4 is 5.73 Å². The maximum Gasteiger partial charge on any atom is 0.151 e. The number of nitrogens with two attached hydrogens (primary N) is 1. The lowest BCUT2D eigenvalue weighted by Crippen LogP contribution is -1.98. The number of allylic oxidation sites excluding steroid dienone is 3. The van der Waals surface area contributed by atoms with E-state index in [4.69, 9.17) is 5.73 Å². The van der Waals surface area contributed by atoms with Crippen molar-refractivity contribution in [3.8, 4) is 11.4 Å². The first-order valence-electron chi connectivity index (χ1n) is 6.79. The highest BCUT2D eigenvalue weighted by atomic mass is 16.3. The molecule has 0 amide bonds. The van der Waals surface area contributed by atoms with Crippen molar-refractivity contribution in [3.63, 3.8) is 0 Å². The van der Waals surface area contributed by atoms with Crippen LogP contribution in [0.15, 0.2) is 60.7 Å². The number of aromatic nitrogens is 3. The molecule has 2 heterocycles. The number of anilines is 1. The quantitative estimate of drug-likeness (QED) is 0.711. The summed E-state index contributed by atoms with van der Waals surface area (Å²) in [6.45, 7) is 0. The van der Waals surface area contributed by atoms with Crippen molar-refractivity contribution in [2.75, 3.05) is 5.73 Å². The first-order valence-corrected chi connectivity index (χ1v) is 6.79. The van der Waals surface area contributed by atoms with Gasteiger partial charge in [-0.2, -0.15) is 0 Å². The molecule has 1 aromatic carbocycles. The van der Waals surface area contributed by atoms with Gasteiger partial charge in [0.15, 0.2) is 5.82 Å². The number of rotatable bonds is 2. The second-order valence-electron chi connectivity index (χ2n) is 4.97. The number of hydrogen-bond donors (Lipinski definition) is 2. The second-order valence-corrected chi connectivity index (χ2v) is 4.97.